The first-order chi connectivity index (χ1) is 16.0. The van der Waals surface area contributed by atoms with Crippen LogP contribution in [0.5, 0.6) is 5.75 Å². The van der Waals surface area contributed by atoms with Gasteiger partial charge in [0.05, 0.1) is 11.7 Å². The van der Waals surface area contributed by atoms with Gasteiger partial charge in [0, 0.05) is 57.2 Å². The zero-order valence-electron chi connectivity index (χ0n) is 18.9. The molecule has 1 aliphatic heterocycles. The molecular weight excluding hydrogens is 420 g/mol. The number of carbonyl (C=O) groups is 2. The Kier molecular flexibility index (Phi) is 5.66. The van der Waals surface area contributed by atoms with Gasteiger partial charge in [-0.3, -0.25) is 4.79 Å². The van der Waals surface area contributed by atoms with Crippen LogP contribution >= 0.6 is 0 Å². The van der Waals surface area contributed by atoms with Crippen LogP contribution in [-0.2, 0) is 4.74 Å². The number of hydrogen-bond acceptors (Lipinski definition) is 5. The van der Waals surface area contributed by atoms with E-state index in [1.165, 1.54) is 0 Å². The highest BCUT2D eigenvalue weighted by Crippen LogP contribution is 2.26. The normalized spacial score (nSPS) is 16.6. The Morgan fingerprint density at radius 3 is 2.45 bits per heavy atom. The third-order valence-corrected chi connectivity index (χ3v) is 6.11. The van der Waals surface area contributed by atoms with E-state index < -0.39 is 0 Å². The maximum Gasteiger partial charge on any atom is 0.410 e. The molecule has 3 heterocycles. The van der Waals surface area contributed by atoms with Crippen LogP contribution in [0.15, 0.2) is 48.8 Å². The Bertz CT molecular complexity index is 1160. The minimum atomic E-state index is -0.195. The summed E-state index contributed by atoms with van der Waals surface area (Å²) in [5, 5.41) is 0.983. The highest BCUT2D eigenvalue weighted by atomic mass is 16.6. The summed E-state index contributed by atoms with van der Waals surface area (Å²) in [5.41, 5.74) is 1.64. The van der Waals surface area contributed by atoms with Crippen molar-refractivity contribution in [3.8, 4) is 11.6 Å². The van der Waals surface area contributed by atoms with Gasteiger partial charge in [-0.15, -0.1) is 0 Å². The summed E-state index contributed by atoms with van der Waals surface area (Å²) >= 11 is 0. The van der Waals surface area contributed by atoms with E-state index in [-0.39, 0.29) is 24.2 Å². The summed E-state index contributed by atoms with van der Waals surface area (Å²) < 4.78 is 13.5. The number of pyridine rings is 1. The third kappa shape index (κ3) is 4.65. The van der Waals surface area contributed by atoms with E-state index in [0.29, 0.717) is 24.4 Å². The summed E-state index contributed by atoms with van der Waals surface area (Å²) in [5.74, 6) is 1.48. The topological polar surface area (TPSA) is 76.9 Å². The van der Waals surface area contributed by atoms with Crippen molar-refractivity contribution in [1.29, 1.82) is 0 Å². The maximum atomic E-state index is 12.2. The lowest BCUT2D eigenvalue weighted by molar-refractivity contribution is 0.0636. The fourth-order valence-corrected chi connectivity index (χ4v) is 4.07. The minimum Gasteiger partial charge on any atom is -0.489 e. The Labute approximate surface area is 192 Å². The molecule has 0 bridgehead atoms. The Morgan fingerprint density at radius 2 is 1.79 bits per heavy atom. The molecule has 1 saturated carbocycles. The second-order valence-corrected chi connectivity index (χ2v) is 8.90. The number of hydrogen-bond donors (Lipinski definition) is 0. The van der Waals surface area contributed by atoms with Crippen LogP contribution in [0.25, 0.3) is 16.7 Å². The summed E-state index contributed by atoms with van der Waals surface area (Å²) in [6, 6.07) is 11.5. The van der Waals surface area contributed by atoms with E-state index in [1.54, 1.807) is 30.1 Å². The van der Waals surface area contributed by atoms with E-state index in [4.69, 9.17) is 9.47 Å². The largest absolute Gasteiger partial charge is 0.489 e. The van der Waals surface area contributed by atoms with E-state index in [0.717, 1.165) is 42.4 Å². The van der Waals surface area contributed by atoms with Crippen LogP contribution in [0, 0.1) is 0 Å². The maximum absolute atomic E-state index is 12.2. The molecule has 0 radical (unpaired) electrons. The smallest absolute Gasteiger partial charge is 0.410 e. The fraction of sp³-hybridized carbons (Fsp3) is 0.400. The van der Waals surface area contributed by atoms with Gasteiger partial charge in [0.2, 0.25) is 0 Å². The Morgan fingerprint density at radius 1 is 1.00 bits per heavy atom. The fourth-order valence-electron chi connectivity index (χ4n) is 4.07. The van der Waals surface area contributed by atoms with Crippen molar-refractivity contribution in [3.05, 3.63) is 54.4 Å². The highest BCUT2D eigenvalue weighted by Gasteiger charge is 2.31. The molecule has 33 heavy (non-hydrogen) atoms. The van der Waals surface area contributed by atoms with Gasteiger partial charge in [-0.2, -0.15) is 0 Å². The lowest BCUT2D eigenvalue weighted by Crippen LogP contribution is -2.42. The van der Waals surface area contributed by atoms with Gasteiger partial charge in [-0.05, 0) is 49.2 Å². The number of likely N-dealkylation sites (tertiary alicyclic amines) is 1. The number of carbonyl (C=O) groups excluding carboxylic acids is 2. The molecule has 3 aromatic rings. The number of piperidine rings is 1. The van der Waals surface area contributed by atoms with Crippen molar-refractivity contribution in [3.63, 3.8) is 0 Å². The lowest BCUT2D eigenvalue weighted by Gasteiger charge is -2.31. The van der Waals surface area contributed by atoms with Gasteiger partial charge in [0.25, 0.3) is 5.91 Å². The summed E-state index contributed by atoms with van der Waals surface area (Å²) in [7, 11) is 3.50. The molecule has 2 amide bonds. The second-order valence-electron chi connectivity index (χ2n) is 8.90. The van der Waals surface area contributed by atoms with E-state index in [1.807, 2.05) is 47.2 Å². The zero-order chi connectivity index (χ0) is 22.9. The SMILES string of the molecule is CN(C)C(=O)c1ccc2c(ccn2-c2ccc(OC3CCN(C(=O)OC4CC4)CC3)cn2)c1. The lowest BCUT2D eigenvalue weighted by atomic mass is 10.1. The van der Waals surface area contributed by atoms with Crippen molar-refractivity contribution >= 4 is 22.9 Å². The number of benzene rings is 1. The first-order valence-corrected chi connectivity index (χ1v) is 11.4. The van der Waals surface area contributed by atoms with Crippen LogP contribution in [-0.4, -0.2) is 70.7 Å². The van der Waals surface area contributed by atoms with Crippen molar-refractivity contribution < 1.29 is 19.1 Å². The molecule has 2 aliphatic rings. The van der Waals surface area contributed by atoms with Crippen LogP contribution in [0.2, 0.25) is 0 Å². The average Bonchev–Trinajstić information content (AvgIpc) is 3.54. The standard InChI is InChI=1S/C25H28N4O4/c1-27(2)24(30)18-3-7-22-17(15-18)9-14-29(22)23-8-6-21(16-26-23)32-20-10-12-28(13-11-20)25(31)33-19-4-5-19/h3,6-9,14-16,19-20H,4-5,10-13H2,1-2H3. The van der Waals surface area contributed by atoms with Gasteiger partial charge >= 0.3 is 6.09 Å². The molecule has 8 heteroatoms. The molecule has 2 fully saturated rings. The van der Waals surface area contributed by atoms with E-state index in [2.05, 4.69) is 4.98 Å². The van der Waals surface area contributed by atoms with Gasteiger partial charge < -0.3 is 23.8 Å². The molecule has 0 unspecified atom stereocenters. The first kappa shape index (κ1) is 21.3. The monoisotopic (exact) mass is 448 g/mol. The Balaban J connectivity index is 1.21. The van der Waals surface area contributed by atoms with Gasteiger partial charge in [-0.1, -0.05) is 0 Å². The van der Waals surface area contributed by atoms with Crippen LogP contribution in [0.3, 0.4) is 0 Å². The zero-order valence-corrected chi connectivity index (χ0v) is 18.9. The average molecular weight is 449 g/mol. The molecule has 172 valence electrons. The number of fused-ring (bicyclic) bond motifs is 1. The molecule has 2 aromatic heterocycles. The first-order valence-electron chi connectivity index (χ1n) is 11.4. The third-order valence-electron chi connectivity index (χ3n) is 6.11. The van der Waals surface area contributed by atoms with E-state index in [9.17, 15) is 9.59 Å². The van der Waals surface area contributed by atoms with Crippen LogP contribution < -0.4 is 4.74 Å². The molecule has 0 atom stereocenters. The molecule has 5 rings (SSSR count). The molecule has 1 aliphatic carbocycles. The predicted molar refractivity (Wildman–Crippen MR) is 124 cm³/mol. The summed E-state index contributed by atoms with van der Waals surface area (Å²) in [6.07, 6.45) is 7.22. The number of aromatic nitrogens is 2. The van der Waals surface area contributed by atoms with E-state index >= 15 is 0 Å². The van der Waals surface area contributed by atoms with Crippen molar-refractivity contribution in [2.45, 2.75) is 37.9 Å². The molecular formula is C25H28N4O4. The highest BCUT2D eigenvalue weighted by molar-refractivity contribution is 5.98. The number of nitrogens with zero attached hydrogens (tertiary/aromatic N) is 4. The van der Waals surface area contributed by atoms with Crippen molar-refractivity contribution in [1.82, 2.24) is 19.4 Å². The molecule has 1 aromatic carbocycles. The molecule has 0 N–H and O–H groups in total. The van der Waals surface area contributed by atoms with Crippen LogP contribution in [0.4, 0.5) is 4.79 Å². The number of amides is 2. The van der Waals surface area contributed by atoms with Gasteiger partial charge in [-0.25, -0.2) is 9.78 Å². The van der Waals surface area contributed by atoms with Crippen molar-refractivity contribution in [2.75, 3.05) is 27.2 Å². The summed E-state index contributed by atoms with van der Waals surface area (Å²) in [4.78, 5) is 32.2. The Hall–Kier alpha value is -3.55. The quantitative estimate of drug-likeness (QED) is 0.592. The van der Waals surface area contributed by atoms with Gasteiger partial charge in [0.1, 0.15) is 23.8 Å². The minimum absolute atomic E-state index is 0.0186. The summed E-state index contributed by atoms with van der Waals surface area (Å²) in [6.45, 7) is 1.30. The van der Waals surface area contributed by atoms with Crippen molar-refractivity contribution in [2.24, 2.45) is 0 Å². The van der Waals surface area contributed by atoms with Crippen LogP contribution in [0.1, 0.15) is 36.0 Å². The number of rotatable bonds is 5. The molecule has 1 saturated heterocycles. The van der Waals surface area contributed by atoms with Gasteiger partial charge in [0.15, 0.2) is 0 Å². The second kappa shape index (κ2) is 8.77. The molecule has 0 spiro atoms. The number of ether oxygens (including phenoxy) is 2. The predicted octanol–water partition coefficient (Wildman–Crippen LogP) is 3.87. The molecule has 8 nitrogen and oxygen atoms in total.